The van der Waals surface area contributed by atoms with Crippen LogP contribution in [0.4, 0.5) is 4.39 Å². The van der Waals surface area contributed by atoms with Gasteiger partial charge in [0.25, 0.3) is 0 Å². The smallest absolute Gasteiger partial charge is 0.123 e. The maximum absolute atomic E-state index is 13.1. The molecule has 0 radical (unpaired) electrons. The van der Waals surface area contributed by atoms with Crippen LogP contribution in [0.3, 0.4) is 0 Å². The van der Waals surface area contributed by atoms with Gasteiger partial charge in [0.15, 0.2) is 0 Å². The molecule has 0 aliphatic carbocycles. The highest BCUT2D eigenvalue weighted by Gasteiger charge is 2.27. The van der Waals surface area contributed by atoms with E-state index in [9.17, 15) is 4.39 Å². The monoisotopic (exact) mass is 293 g/mol. The van der Waals surface area contributed by atoms with Crippen molar-refractivity contribution >= 4 is 0 Å². The number of hydrogen-bond acceptors (Lipinski definition) is 3. The molecule has 0 aromatic heterocycles. The predicted octanol–water partition coefficient (Wildman–Crippen LogP) is 2.49. The third-order valence-corrected chi connectivity index (χ3v) is 4.13. The van der Waals surface area contributed by atoms with Crippen LogP contribution >= 0.6 is 0 Å². The summed E-state index contributed by atoms with van der Waals surface area (Å²) in [4.78, 5) is 4.96. The summed E-state index contributed by atoms with van der Waals surface area (Å²) < 4.78 is 13.1. The standard InChI is InChI=1S/C17H28FN3/c1-13(2)12-20-8-10-21(11-9-20)17(14(3)19)15-4-6-16(18)7-5-15/h4-7,13-14,17H,8-12,19H2,1-3H3. The normalized spacial score (nSPS) is 20.7. The Balaban J connectivity index is 2.02. The Morgan fingerprint density at radius 1 is 1.05 bits per heavy atom. The molecule has 0 saturated carbocycles. The van der Waals surface area contributed by atoms with Crippen LogP contribution in [0.15, 0.2) is 24.3 Å². The van der Waals surface area contributed by atoms with Crippen LogP contribution in [0, 0.1) is 11.7 Å². The highest BCUT2D eigenvalue weighted by atomic mass is 19.1. The second-order valence-corrected chi connectivity index (χ2v) is 6.59. The van der Waals surface area contributed by atoms with E-state index >= 15 is 0 Å². The Kier molecular flexibility index (Phi) is 5.73. The second-order valence-electron chi connectivity index (χ2n) is 6.59. The fourth-order valence-corrected chi connectivity index (χ4v) is 3.25. The molecule has 118 valence electrons. The molecule has 1 aromatic rings. The van der Waals surface area contributed by atoms with Crippen molar-refractivity contribution in [2.45, 2.75) is 32.9 Å². The van der Waals surface area contributed by atoms with Gasteiger partial charge in [0.05, 0.1) is 0 Å². The zero-order chi connectivity index (χ0) is 15.4. The summed E-state index contributed by atoms with van der Waals surface area (Å²) in [6.07, 6.45) is 0. The lowest BCUT2D eigenvalue weighted by atomic mass is 9.98. The number of nitrogens with two attached hydrogens (primary N) is 1. The molecule has 21 heavy (non-hydrogen) atoms. The Bertz CT molecular complexity index is 422. The SMILES string of the molecule is CC(C)CN1CCN(C(c2ccc(F)cc2)C(C)N)CC1. The minimum Gasteiger partial charge on any atom is -0.326 e. The molecule has 0 bridgehead atoms. The molecule has 0 amide bonds. The van der Waals surface area contributed by atoms with Gasteiger partial charge in [0.2, 0.25) is 0 Å². The largest absolute Gasteiger partial charge is 0.326 e. The van der Waals surface area contributed by atoms with Gasteiger partial charge in [0, 0.05) is 44.8 Å². The van der Waals surface area contributed by atoms with Crippen molar-refractivity contribution in [3.05, 3.63) is 35.6 Å². The summed E-state index contributed by atoms with van der Waals surface area (Å²) in [6, 6.07) is 6.99. The summed E-state index contributed by atoms with van der Waals surface area (Å²) in [6.45, 7) is 11.9. The maximum atomic E-state index is 13.1. The molecule has 3 nitrogen and oxygen atoms in total. The molecular weight excluding hydrogens is 265 g/mol. The topological polar surface area (TPSA) is 32.5 Å². The van der Waals surface area contributed by atoms with Crippen molar-refractivity contribution in [3.8, 4) is 0 Å². The third kappa shape index (κ3) is 4.50. The van der Waals surface area contributed by atoms with E-state index in [0.717, 1.165) is 38.3 Å². The van der Waals surface area contributed by atoms with Crippen molar-refractivity contribution in [1.82, 2.24) is 9.80 Å². The highest BCUT2D eigenvalue weighted by molar-refractivity contribution is 5.21. The van der Waals surface area contributed by atoms with Gasteiger partial charge >= 0.3 is 0 Å². The minimum atomic E-state index is -0.191. The minimum absolute atomic E-state index is 0.0344. The second kappa shape index (κ2) is 7.34. The van der Waals surface area contributed by atoms with Gasteiger partial charge in [-0.15, -0.1) is 0 Å². The average Bonchev–Trinajstić information content (AvgIpc) is 2.42. The first-order valence-electron chi connectivity index (χ1n) is 7.95. The van der Waals surface area contributed by atoms with Gasteiger partial charge in [-0.1, -0.05) is 26.0 Å². The molecule has 1 heterocycles. The molecule has 4 heteroatoms. The average molecular weight is 293 g/mol. The lowest BCUT2D eigenvalue weighted by Gasteiger charge is -2.41. The van der Waals surface area contributed by atoms with Crippen LogP contribution in [0.5, 0.6) is 0 Å². The highest BCUT2D eigenvalue weighted by Crippen LogP contribution is 2.25. The van der Waals surface area contributed by atoms with Crippen molar-refractivity contribution < 1.29 is 4.39 Å². The van der Waals surface area contributed by atoms with Crippen molar-refractivity contribution in [2.24, 2.45) is 11.7 Å². The zero-order valence-electron chi connectivity index (χ0n) is 13.4. The van der Waals surface area contributed by atoms with E-state index in [0.29, 0.717) is 5.92 Å². The molecule has 1 aliphatic heterocycles. The Morgan fingerprint density at radius 3 is 2.10 bits per heavy atom. The Morgan fingerprint density at radius 2 is 1.62 bits per heavy atom. The Labute approximate surface area is 127 Å². The first-order chi connectivity index (χ1) is 9.97. The van der Waals surface area contributed by atoms with E-state index in [1.165, 1.54) is 12.1 Å². The van der Waals surface area contributed by atoms with Crippen LogP contribution < -0.4 is 5.73 Å². The summed E-state index contributed by atoms with van der Waals surface area (Å²) in [5.41, 5.74) is 7.32. The van der Waals surface area contributed by atoms with Crippen LogP contribution in [-0.2, 0) is 0 Å². The molecule has 1 aliphatic rings. The van der Waals surface area contributed by atoms with E-state index in [4.69, 9.17) is 5.73 Å². The first kappa shape index (κ1) is 16.4. The van der Waals surface area contributed by atoms with Gasteiger partial charge < -0.3 is 10.6 Å². The van der Waals surface area contributed by atoms with Gasteiger partial charge in [-0.3, -0.25) is 4.90 Å². The van der Waals surface area contributed by atoms with Crippen molar-refractivity contribution in [1.29, 1.82) is 0 Å². The molecule has 2 atom stereocenters. The molecule has 2 unspecified atom stereocenters. The maximum Gasteiger partial charge on any atom is 0.123 e. The third-order valence-electron chi connectivity index (χ3n) is 4.13. The van der Waals surface area contributed by atoms with Crippen LogP contribution in [0.1, 0.15) is 32.4 Å². The number of hydrogen-bond donors (Lipinski definition) is 1. The molecule has 1 fully saturated rings. The van der Waals surface area contributed by atoms with E-state index in [1.807, 2.05) is 19.1 Å². The molecule has 1 saturated heterocycles. The fourth-order valence-electron chi connectivity index (χ4n) is 3.25. The lowest BCUT2D eigenvalue weighted by molar-refractivity contribution is 0.0804. The van der Waals surface area contributed by atoms with Gasteiger partial charge in [-0.25, -0.2) is 4.39 Å². The van der Waals surface area contributed by atoms with Crippen LogP contribution in [0.25, 0.3) is 0 Å². The van der Waals surface area contributed by atoms with Gasteiger partial charge in [0.1, 0.15) is 5.82 Å². The number of benzene rings is 1. The number of piperazine rings is 1. The molecule has 0 spiro atoms. The van der Waals surface area contributed by atoms with E-state index in [-0.39, 0.29) is 17.9 Å². The molecule has 2 N–H and O–H groups in total. The molecular formula is C17H28FN3. The van der Waals surface area contributed by atoms with Crippen molar-refractivity contribution in [3.63, 3.8) is 0 Å². The van der Waals surface area contributed by atoms with E-state index in [2.05, 4.69) is 23.6 Å². The summed E-state index contributed by atoms with van der Waals surface area (Å²) in [5.74, 6) is 0.516. The van der Waals surface area contributed by atoms with E-state index < -0.39 is 0 Å². The zero-order valence-corrected chi connectivity index (χ0v) is 13.4. The van der Waals surface area contributed by atoms with Crippen molar-refractivity contribution in [2.75, 3.05) is 32.7 Å². The first-order valence-corrected chi connectivity index (χ1v) is 7.95. The number of nitrogens with zero attached hydrogens (tertiary/aromatic N) is 2. The summed E-state index contributed by atoms with van der Waals surface area (Å²) >= 11 is 0. The van der Waals surface area contributed by atoms with Crippen LogP contribution in [0.2, 0.25) is 0 Å². The van der Waals surface area contributed by atoms with Crippen LogP contribution in [-0.4, -0.2) is 48.6 Å². The molecule has 2 rings (SSSR count). The number of halogens is 1. The summed E-state index contributed by atoms with van der Waals surface area (Å²) in [5, 5.41) is 0. The van der Waals surface area contributed by atoms with Gasteiger partial charge in [-0.05, 0) is 30.5 Å². The quantitative estimate of drug-likeness (QED) is 0.905. The lowest BCUT2D eigenvalue weighted by Crippen LogP contribution is -2.51. The predicted molar refractivity (Wildman–Crippen MR) is 85.6 cm³/mol. The summed E-state index contributed by atoms with van der Waals surface area (Å²) in [7, 11) is 0. The van der Waals surface area contributed by atoms with Gasteiger partial charge in [-0.2, -0.15) is 0 Å². The van der Waals surface area contributed by atoms with E-state index in [1.54, 1.807) is 0 Å². The molecule has 1 aromatic carbocycles. The number of rotatable bonds is 5. The fraction of sp³-hybridized carbons (Fsp3) is 0.647. The Hall–Kier alpha value is -0.970.